The van der Waals surface area contributed by atoms with E-state index in [9.17, 15) is 62.1 Å². The first-order valence-corrected chi connectivity index (χ1v) is 24.5. The number of fused-ring (bicyclic) bond motifs is 1. The van der Waals surface area contributed by atoms with E-state index in [-0.39, 0.29) is 141 Å². The number of benzene rings is 7. The first kappa shape index (κ1) is 62.5. The fourth-order valence-electron chi connectivity index (χ4n) is 6.32. The van der Waals surface area contributed by atoms with Crippen molar-refractivity contribution >= 4 is 143 Å². The summed E-state index contributed by atoms with van der Waals surface area (Å²) in [5, 5.41) is 49.5. The number of rotatable bonds is 14. The molecular weight excluding hydrogens is 1060 g/mol. The molecule has 0 unspecified atom stereocenters. The second kappa shape index (κ2) is 25.2. The summed E-state index contributed by atoms with van der Waals surface area (Å²) < 4.78 is 146. The molecule has 0 saturated carbocycles. The van der Waals surface area contributed by atoms with Gasteiger partial charge in [0, 0.05) is 47.0 Å². The van der Waals surface area contributed by atoms with Crippen LogP contribution in [-0.2, 0) is 40.5 Å². The number of nitrogen functional groups attached to an aromatic ring is 1. The van der Waals surface area contributed by atoms with Gasteiger partial charge in [0.2, 0.25) is 0 Å². The molecule has 0 aliphatic carbocycles. The quantitative estimate of drug-likeness (QED) is 0.0382. The van der Waals surface area contributed by atoms with Crippen LogP contribution in [0.15, 0.2) is 172 Å². The first-order valence-electron chi connectivity index (χ1n) is 18.8. The molecule has 31 heteroatoms. The Hall–Kier alpha value is -3.76. The second-order valence-electron chi connectivity index (χ2n) is 14.2. The van der Waals surface area contributed by atoms with E-state index in [1.807, 2.05) is 31.2 Å². The van der Waals surface area contributed by atoms with Gasteiger partial charge in [-0.2, -0.15) is 15.3 Å². The van der Waals surface area contributed by atoms with Gasteiger partial charge in [-0.3, -0.25) is 0 Å². The zero-order valence-electron chi connectivity index (χ0n) is 38.2. The van der Waals surface area contributed by atoms with Gasteiger partial charge in [-0.25, -0.2) is 33.7 Å². The molecule has 0 atom stereocenters. The largest absolute Gasteiger partial charge is 1.00 e. The van der Waals surface area contributed by atoms with E-state index in [0.29, 0.717) is 29.2 Å². The molecule has 0 bridgehead atoms. The molecule has 0 fully saturated rings. The SMILES string of the molecule is Cc1ccccc1Nc1cc(O)ccc1N=Nc1ccc(Nc2ccc(N=Nc3c(S(=O)(=O)[O-])cc4cc(S(=O)(=O)[O-])c(N=Nc5ccc(S(=O)(=O)[O-])cc5)c(O)c4c3N)cc2S(=O)(=O)[O-])cc1.[Na+].[Na+].[Na+].[Na]. The molecule has 0 saturated heterocycles. The van der Waals surface area contributed by atoms with Gasteiger partial charge in [0.05, 0.1) is 59.1 Å². The third kappa shape index (κ3) is 15.2. The fourth-order valence-corrected chi connectivity index (χ4v) is 8.75. The van der Waals surface area contributed by atoms with Gasteiger partial charge in [0.1, 0.15) is 63.3 Å². The van der Waals surface area contributed by atoms with E-state index in [4.69, 9.17) is 5.73 Å². The molecule has 0 heterocycles. The Morgan fingerprint density at radius 3 is 1.58 bits per heavy atom. The summed E-state index contributed by atoms with van der Waals surface area (Å²) >= 11 is 0. The molecule has 0 aromatic heterocycles. The molecule has 7 aromatic rings. The molecule has 0 spiro atoms. The number of nitrogens with zero attached hydrogens (tertiary/aromatic N) is 6. The minimum absolute atomic E-state index is 0. The van der Waals surface area contributed by atoms with Crippen molar-refractivity contribution in [3.05, 3.63) is 127 Å². The van der Waals surface area contributed by atoms with E-state index in [1.165, 1.54) is 36.4 Å². The Morgan fingerprint density at radius 1 is 0.500 bits per heavy atom. The molecule has 72 heavy (non-hydrogen) atoms. The second-order valence-corrected chi connectivity index (χ2v) is 19.6. The standard InChI is InChI=1S/C41H33N9O14S4.4Na/c1-22-4-2-3-5-30(22)44-33-21-28(51)13-17-31(33)48-45-25-8-6-24(7-9-25)43-32-16-12-27(20-34(32)66(56,57)58)47-49-39-35(67(59,60)61)18-23-19-36(68(62,63)64)40(41(52)37(23)38(39)42)50-46-26-10-14-29(15-11-26)65(53,54)55;;;;/h2-21,43-44,51-52H,42H2,1H3,(H,53,54,55)(H,56,57,58)(H,59,60,61)(H,62,63,64);;;;/q;;3*+1/p-4. The van der Waals surface area contributed by atoms with Crippen LogP contribution in [0.2, 0.25) is 0 Å². The van der Waals surface area contributed by atoms with E-state index in [2.05, 4.69) is 41.3 Å². The molecular formula is C41H29N9Na4O14S4-. The number of phenols is 2. The predicted molar refractivity (Wildman–Crippen MR) is 245 cm³/mol. The van der Waals surface area contributed by atoms with Crippen LogP contribution in [-0.4, -0.2) is 91.7 Å². The predicted octanol–water partition coefficient (Wildman–Crippen LogP) is -0.877. The Bertz CT molecular complexity index is 3750. The summed E-state index contributed by atoms with van der Waals surface area (Å²) in [6.45, 7) is 1.91. The molecule has 0 aliphatic heterocycles. The maximum Gasteiger partial charge on any atom is 1.00 e. The van der Waals surface area contributed by atoms with Crippen molar-refractivity contribution in [2.75, 3.05) is 16.4 Å². The average Bonchev–Trinajstić information content (AvgIpc) is 3.25. The number of nitrogens with two attached hydrogens (primary N) is 1. The minimum Gasteiger partial charge on any atom is -0.744 e. The van der Waals surface area contributed by atoms with E-state index in [0.717, 1.165) is 53.7 Å². The van der Waals surface area contributed by atoms with Crippen LogP contribution in [0, 0.1) is 6.92 Å². The number of phenolic OH excluding ortho intramolecular Hbond substituents is 2. The van der Waals surface area contributed by atoms with Gasteiger partial charge in [-0.1, -0.05) is 18.2 Å². The monoisotopic (exact) mass is 1090 g/mol. The number of hydrogen-bond donors (Lipinski definition) is 5. The number of aromatic hydroxyl groups is 2. The van der Waals surface area contributed by atoms with Crippen LogP contribution in [0.25, 0.3) is 10.8 Å². The van der Waals surface area contributed by atoms with Crippen LogP contribution in [0.1, 0.15) is 5.56 Å². The molecule has 7 aromatic carbocycles. The summed E-state index contributed by atoms with van der Waals surface area (Å²) in [5.74, 6) is -1.19. The Morgan fingerprint density at radius 2 is 1.01 bits per heavy atom. The molecule has 0 amide bonds. The molecule has 23 nitrogen and oxygen atoms in total. The van der Waals surface area contributed by atoms with Crippen molar-refractivity contribution in [2.24, 2.45) is 30.7 Å². The number of azo groups is 3. The molecule has 7 rings (SSSR count). The van der Waals surface area contributed by atoms with Gasteiger partial charge in [-0.05, 0) is 115 Å². The van der Waals surface area contributed by atoms with Crippen LogP contribution in [0.4, 0.5) is 62.6 Å². The van der Waals surface area contributed by atoms with Crippen LogP contribution >= 0.6 is 0 Å². The zero-order valence-corrected chi connectivity index (χ0v) is 49.5. The first-order chi connectivity index (χ1) is 31.9. The van der Waals surface area contributed by atoms with Gasteiger partial charge in [0.15, 0.2) is 5.75 Å². The summed E-state index contributed by atoms with van der Waals surface area (Å²) in [4.78, 5) is -4.00. The molecule has 351 valence electrons. The Balaban J connectivity index is 0.00000342. The topological polar surface area (TPSA) is 393 Å². The molecule has 6 N–H and O–H groups in total. The smallest absolute Gasteiger partial charge is 0.744 e. The average molecular weight is 1090 g/mol. The summed E-state index contributed by atoms with van der Waals surface area (Å²) in [5.41, 5.74) is 5.78. The number of nitrogens with one attached hydrogen (secondary N) is 2. The summed E-state index contributed by atoms with van der Waals surface area (Å²) in [6, 6.07) is 25.8. The van der Waals surface area contributed by atoms with Crippen molar-refractivity contribution < 1.29 is 151 Å². The van der Waals surface area contributed by atoms with Crippen molar-refractivity contribution in [2.45, 2.75) is 26.5 Å². The number of para-hydroxylation sites is 1. The minimum atomic E-state index is -5.57. The maximum atomic E-state index is 12.5. The normalized spacial score (nSPS) is 12.0. The molecule has 1 radical (unpaired) electrons. The van der Waals surface area contributed by atoms with Crippen molar-refractivity contribution in [1.82, 2.24) is 0 Å². The van der Waals surface area contributed by atoms with Gasteiger partial charge in [0.25, 0.3) is 0 Å². The third-order valence-electron chi connectivity index (χ3n) is 9.56. The van der Waals surface area contributed by atoms with E-state index >= 15 is 0 Å². The van der Waals surface area contributed by atoms with Crippen LogP contribution < -0.4 is 105 Å². The van der Waals surface area contributed by atoms with E-state index in [1.54, 1.807) is 6.07 Å². The molecule has 0 aliphatic rings. The Kier molecular flexibility index (Phi) is 21.9. The summed E-state index contributed by atoms with van der Waals surface area (Å²) in [7, 11) is -21.3. The number of anilines is 5. The van der Waals surface area contributed by atoms with Crippen molar-refractivity contribution in [1.29, 1.82) is 0 Å². The maximum absolute atomic E-state index is 12.5. The number of aryl methyl sites for hydroxylation is 1. The van der Waals surface area contributed by atoms with Crippen molar-refractivity contribution in [3.8, 4) is 11.5 Å². The Labute approximate surface area is 499 Å². The van der Waals surface area contributed by atoms with Crippen molar-refractivity contribution in [3.63, 3.8) is 0 Å². The van der Waals surface area contributed by atoms with Crippen LogP contribution in [0.5, 0.6) is 11.5 Å². The van der Waals surface area contributed by atoms with Gasteiger partial charge in [-0.15, -0.1) is 15.3 Å². The summed E-state index contributed by atoms with van der Waals surface area (Å²) in [6.07, 6.45) is 0. The van der Waals surface area contributed by atoms with Crippen LogP contribution in [0.3, 0.4) is 0 Å². The fraction of sp³-hybridized carbons (Fsp3) is 0.0244. The zero-order chi connectivity index (χ0) is 49.3. The van der Waals surface area contributed by atoms with Gasteiger partial charge < -0.3 is 44.8 Å². The number of hydrogen-bond acceptors (Lipinski definition) is 23. The van der Waals surface area contributed by atoms with Gasteiger partial charge >= 0.3 is 88.7 Å². The third-order valence-corrected chi connectivity index (χ3v) is 13.0. The van der Waals surface area contributed by atoms with E-state index < -0.39 is 99.3 Å².